The predicted octanol–water partition coefficient (Wildman–Crippen LogP) is 2.32. The fourth-order valence-corrected chi connectivity index (χ4v) is 2.36. The van der Waals surface area contributed by atoms with Gasteiger partial charge in [-0.25, -0.2) is 0 Å². The van der Waals surface area contributed by atoms with E-state index in [0.717, 1.165) is 14.2 Å². The van der Waals surface area contributed by atoms with E-state index in [9.17, 15) is 4.79 Å². The van der Waals surface area contributed by atoms with Gasteiger partial charge in [0.25, 0.3) is 5.91 Å². The Morgan fingerprint density at radius 3 is 2.73 bits per heavy atom. The molecule has 1 rings (SSSR count). The summed E-state index contributed by atoms with van der Waals surface area (Å²) in [5.74, 6) is -0.0539. The van der Waals surface area contributed by atoms with Gasteiger partial charge in [-0.1, -0.05) is 0 Å². The maximum atomic E-state index is 11.6. The van der Waals surface area contributed by atoms with Crippen LogP contribution in [0, 0.1) is 6.92 Å². The quantitative estimate of drug-likeness (QED) is 0.900. The van der Waals surface area contributed by atoms with Crippen LogP contribution in [0.3, 0.4) is 0 Å². The third-order valence-electron chi connectivity index (χ3n) is 1.81. The average molecular weight is 314 g/mol. The normalized spacial score (nSPS) is 11.7. The van der Waals surface area contributed by atoms with E-state index in [1.54, 1.807) is 0 Å². The Balaban J connectivity index is 0.00000196. The van der Waals surface area contributed by atoms with Gasteiger partial charge in [-0.3, -0.25) is 4.79 Å². The van der Waals surface area contributed by atoms with Crippen LogP contribution in [0.5, 0.6) is 0 Å². The van der Waals surface area contributed by atoms with E-state index >= 15 is 0 Å². The average Bonchev–Trinajstić information content (AvgIpc) is 2.47. The molecule has 1 aromatic rings. The number of nitrogens with one attached hydrogen (secondary N) is 1. The van der Waals surface area contributed by atoms with Crippen LogP contribution >= 0.6 is 39.7 Å². The number of amides is 1. The number of rotatable bonds is 3. The van der Waals surface area contributed by atoms with Crippen LogP contribution in [-0.4, -0.2) is 18.5 Å². The highest BCUT2D eigenvalue weighted by Gasteiger charge is 2.12. The van der Waals surface area contributed by atoms with Crippen molar-refractivity contribution < 1.29 is 4.79 Å². The second-order valence-electron chi connectivity index (χ2n) is 3.18. The maximum absolute atomic E-state index is 11.6. The summed E-state index contributed by atoms with van der Waals surface area (Å²) in [4.78, 5) is 12.3. The van der Waals surface area contributed by atoms with Crippen molar-refractivity contribution in [3.63, 3.8) is 0 Å². The molecule has 0 fully saturated rings. The van der Waals surface area contributed by atoms with Crippen LogP contribution in [0.15, 0.2) is 9.85 Å². The van der Waals surface area contributed by atoms with Crippen LogP contribution in [0.4, 0.5) is 0 Å². The van der Waals surface area contributed by atoms with Crippen LogP contribution in [0.1, 0.15) is 22.2 Å². The lowest BCUT2D eigenvalue weighted by molar-refractivity contribution is 0.0945. The Morgan fingerprint density at radius 2 is 2.33 bits per heavy atom. The van der Waals surface area contributed by atoms with Crippen molar-refractivity contribution in [3.8, 4) is 0 Å². The van der Waals surface area contributed by atoms with Gasteiger partial charge < -0.3 is 11.1 Å². The summed E-state index contributed by atoms with van der Waals surface area (Å²) >= 11 is 4.82. The zero-order valence-electron chi connectivity index (χ0n) is 8.54. The zero-order valence-corrected chi connectivity index (χ0v) is 11.8. The van der Waals surface area contributed by atoms with Gasteiger partial charge in [-0.15, -0.1) is 23.7 Å². The first kappa shape index (κ1) is 14.9. The van der Waals surface area contributed by atoms with Gasteiger partial charge in [-0.2, -0.15) is 0 Å². The molecule has 1 heterocycles. The molecular weight excluding hydrogens is 300 g/mol. The Labute approximate surface area is 108 Å². The number of carbonyl (C=O) groups excluding carboxylic acids is 1. The summed E-state index contributed by atoms with van der Waals surface area (Å²) < 4.78 is 1.00. The SMILES string of the molecule is Cc1cc(C(=O)N[C@@H](C)CN)sc1Br.Cl. The smallest absolute Gasteiger partial charge is 0.261 e. The molecule has 15 heavy (non-hydrogen) atoms. The lowest BCUT2D eigenvalue weighted by Gasteiger charge is -2.09. The van der Waals surface area contributed by atoms with Gasteiger partial charge in [-0.05, 0) is 41.4 Å². The standard InChI is InChI=1S/C9H13BrN2OS.ClH/c1-5-3-7(14-8(5)10)9(13)12-6(2)4-11;/h3,6H,4,11H2,1-2H3,(H,12,13);1H/t6-;/m0./s1. The first-order chi connectivity index (χ1) is 6.54. The van der Waals surface area contributed by atoms with Crippen LogP contribution < -0.4 is 11.1 Å². The highest BCUT2D eigenvalue weighted by Crippen LogP contribution is 2.27. The Kier molecular flexibility index (Phi) is 6.43. The summed E-state index contributed by atoms with van der Waals surface area (Å²) in [5.41, 5.74) is 6.50. The number of thiophene rings is 1. The molecule has 86 valence electrons. The van der Waals surface area contributed by atoms with Crippen LogP contribution in [0.25, 0.3) is 0 Å². The minimum Gasteiger partial charge on any atom is -0.348 e. The minimum atomic E-state index is -0.0539. The second kappa shape index (κ2) is 6.48. The van der Waals surface area contributed by atoms with Crippen molar-refractivity contribution in [3.05, 3.63) is 20.3 Å². The Morgan fingerprint density at radius 1 is 1.73 bits per heavy atom. The van der Waals surface area contributed by atoms with E-state index in [-0.39, 0.29) is 24.4 Å². The third kappa shape index (κ3) is 4.10. The number of hydrogen-bond donors (Lipinski definition) is 2. The van der Waals surface area contributed by atoms with E-state index in [0.29, 0.717) is 6.54 Å². The molecule has 0 aromatic carbocycles. The van der Waals surface area contributed by atoms with E-state index in [1.807, 2.05) is 19.9 Å². The highest BCUT2D eigenvalue weighted by molar-refractivity contribution is 9.11. The minimum absolute atomic E-state index is 0. The van der Waals surface area contributed by atoms with Crippen molar-refractivity contribution in [2.75, 3.05) is 6.54 Å². The Bertz CT molecular complexity index is 323. The lowest BCUT2D eigenvalue weighted by atomic mass is 10.3. The van der Waals surface area contributed by atoms with Crippen molar-refractivity contribution in [1.82, 2.24) is 5.32 Å². The van der Waals surface area contributed by atoms with Crippen molar-refractivity contribution in [1.29, 1.82) is 0 Å². The van der Waals surface area contributed by atoms with E-state index in [4.69, 9.17) is 5.73 Å². The molecule has 3 nitrogen and oxygen atoms in total. The van der Waals surface area contributed by atoms with Gasteiger partial charge in [0.1, 0.15) is 0 Å². The molecule has 0 unspecified atom stereocenters. The number of halogens is 2. The van der Waals surface area contributed by atoms with Gasteiger partial charge in [0.05, 0.1) is 8.66 Å². The fourth-order valence-electron chi connectivity index (χ4n) is 0.926. The number of hydrogen-bond acceptors (Lipinski definition) is 3. The van der Waals surface area contributed by atoms with Crippen molar-refractivity contribution in [2.24, 2.45) is 5.73 Å². The summed E-state index contributed by atoms with van der Waals surface area (Å²) in [6.07, 6.45) is 0. The third-order valence-corrected chi connectivity index (χ3v) is 3.95. The summed E-state index contributed by atoms with van der Waals surface area (Å²) in [5, 5.41) is 2.81. The molecule has 0 aliphatic heterocycles. The topological polar surface area (TPSA) is 55.1 Å². The summed E-state index contributed by atoms with van der Waals surface area (Å²) in [7, 11) is 0. The molecule has 1 atom stereocenters. The molecule has 0 spiro atoms. The zero-order chi connectivity index (χ0) is 10.7. The van der Waals surface area contributed by atoms with Gasteiger partial charge >= 0.3 is 0 Å². The molecule has 0 radical (unpaired) electrons. The molecule has 3 N–H and O–H groups in total. The highest BCUT2D eigenvalue weighted by atomic mass is 79.9. The first-order valence-corrected chi connectivity index (χ1v) is 5.92. The molecule has 1 amide bonds. The van der Waals surface area contributed by atoms with Crippen LogP contribution in [-0.2, 0) is 0 Å². The molecule has 0 aliphatic rings. The predicted molar refractivity (Wildman–Crippen MR) is 70.0 cm³/mol. The van der Waals surface area contributed by atoms with E-state index in [2.05, 4.69) is 21.2 Å². The van der Waals surface area contributed by atoms with E-state index in [1.165, 1.54) is 11.3 Å². The molecule has 1 aromatic heterocycles. The Hall–Kier alpha value is -0.100. The molecule has 0 bridgehead atoms. The van der Waals surface area contributed by atoms with Gasteiger partial charge in [0, 0.05) is 12.6 Å². The van der Waals surface area contributed by atoms with Gasteiger partial charge in [0.2, 0.25) is 0 Å². The van der Waals surface area contributed by atoms with Crippen molar-refractivity contribution >= 4 is 45.6 Å². The van der Waals surface area contributed by atoms with Crippen LogP contribution in [0.2, 0.25) is 0 Å². The fraction of sp³-hybridized carbons (Fsp3) is 0.444. The first-order valence-electron chi connectivity index (χ1n) is 4.31. The number of aryl methyl sites for hydroxylation is 1. The van der Waals surface area contributed by atoms with Crippen molar-refractivity contribution in [2.45, 2.75) is 19.9 Å². The maximum Gasteiger partial charge on any atom is 0.261 e. The molecular formula is C9H14BrClN2OS. The second-order valence-corrected chi connectivity index (χ2v) is 5.55. The summed E-state index contributed by atoms with van der Waals surface area (Å²) in [6, 6.07) is 1.89. The largest absolute Gasteiger partial charge is 0.348 e. The lowest BCUT2D eigenvalue weighted by Crippen LogP contribution is -2.37. The molecule has 0 saturated carbocycles. The van der Waals surface area contributed by atoms with Gasteiger partial charge in [0.15, 0.2) is 0 Å². The summed E-state index contributed by atoms with van der Waals surface area (Å²) in [6.45, 7) is 4.30. The van der Waals surface area contributed by atoms with E-state index < -0.39 is 0 Å². The monoisotopic (exact) mass is 312 g/mol. The molecule has 0 aliphatic carbocycles. The number of nitrogens with two attached hydrogens (primary N) is 1. The molecule has 0 saturated heterocycles. The number of carbonyl (C=O) groups is 1. The molecule has 6 heteroatoms.